The lowest BCUT2D eigenvalue weighted by Gasteiger charge is -2.36. The fraction of sp³-hybridized carbons (Fsp3) is 0.471. The van der Waals surface area contributed by atoms with Gasteiger partial charge in [-0.3, -0.25) is 0 Å². The average Bonchev–Trinajstić information content (AvgIpc) is 2.97. The van der Waals surface area contributed by atoms with Crippen molar-refractivity contribution in [3.05, 3.63) is 48.0 Å². The first-order valence-corrected chi connectivity index (χ1v) is 7.70. The van der Waals surface area contributed by atoms with Gasteiger partial charge in [0.2, 0.25) is 0 Å². The highest BCUT2D eigenvalue weighted by atomic mass is 16.5. The molecule has 1 aromatic heterocycles. The van der Waals surface area contributed by atoms with E-state index >= 15 is 0 Å². The number of ether oxygens (including phenoxy) is 1. The molecule has 3 rings (SSSR count). The van der Waals surface area contributed by atoms with E-state index in [-0.39, 0.29) is 12.1 Å². The van der Waals surface area contributed by atoms with Gasteiger partial charge >= 0.3 is 0 Å². The van der Waals surface area contributed by atoms with Crippen molar-refractivity contribution in [2.45, 2.75) is 38.8 Å². The van der Waals surface area contributed by atoms with Gasteiger partial charge in [-0.25, -0.2) is 4.98 Å². The van der Waals surface area contributed by atoms with Crippen LogP contribution in [-0.2, 0) is 0 Å². The molecule has 2 aromatic rings. The summed E-state index contributed by atoms with van der Waals surface area (Å²) in [5, 5.41) is 3.62. The molecule has 1 N–H and O–H groups in total. The summed E-state index contributed by atoms with van der Waals surface area (Å²) in [5.41, 5.74) is 1.24. The topological polar surface area (TPSA) is 39.1 Å². The van der Waals surface area contributed by atoms with Crippen LogP contribution in [0.5, 0.6) is 5.75 Å². The Hall–Kier alpha value is -1.81. The molecule has 4 nitrogen and oxygen atoms in total. The largest absolute Gasteiger partial charge is 0.491 e. The predicted octanol–water partition coefficient (Wildman–Crippen LogP) is 3.29. The van der Waals surface area contributed by atoms with E-state index in [4.69, 9.17) is 4.74 Å². The molecule has 0 fully saturated rings. The van der Waals surface area contributed by atoms with E-state index < -0.39 is 0 Å². The number of para-hydroxylation sites is 1. The van der Waals surface area contributed by atoms with Crippen LogP contribution >= 0.6 is 0 Å². The van der Waals surface area contributed by atoms with Crippen LogP contribution in [0.4, 0.5) is 0 Å². The highest BCUT2D eigenvalue weighted by molar-refractivity contribution is 5.38. The summed E-state index contributed by atoms with van der Waals surface area (Å²) in [6.45, 7) is 8.11. The van der Waals surface area contributed by atoms with Crippen LogP contribution in [0.2, 0.25) is 0 Å². The van der Waals surface area contributed by atoms with E-state index in [1.807, 2.05) is 18.3 Å². The van der Waals surface area contributed by atoms with E-state index in [1.54, 1.807) is 0 Å². The Kier molecular flexibility index (Phi) is 3.97. The zero-order valence-electron chi connectivity index (χ0n) is 12.9. The molecule has 0 radical (unpaired) electrons. The van der Waals surface area contributed by atoms with Gasteiger partial charge in [-0.1, -0.05) is 39.0 Å². The first-order valence-electron chi connectivity index (χ1n) is 7.70. The number of fused-ring (bicyclic) bond motifs is 1. The van der Waals surface area contributed by atoms with Gasteiger partial charge in [0.15, 0.2) is 0 Å². The molecule has 1 aliphatic heterocycles. The normalized spacial score (nSPS) is 21.1. The zero-order valence-corrected chi connectivity index (χ0v) is 12.9. The molecule has 4 heteroatoms. The van der Waals surface area contributed by atoms with Gasteiger partial charge in [0.05, 0.1) is 12.1 Å². The molecule has 2 atom stereocenters. The molecule has 2 heterocycles. The summed E-state index contributed by atoms with van der Waals surface area (Å²) in [7, 11) is 0. The van der Waals surface area contributed by atoms with Crippen LogP contribution < -0.4 is 10.1 Å². The summed E-state index contributed by atoms with van der Waals surface area (Å²) in [6, 6.07) is 8.80. The Labute approximate surface area is 126 Å². The lowest BCUT2D eigenvalue weighted by atomic mass is 9.95. The fourth-order valence-corrected chi connectivity index (χ4v) is 3.11. The molecule has 1 aliphatic rings. The summed E-state index contributed by atoms with van der Waals surface area (Å²) < 4.78 is 8.25. The summed E-state index contributed by atoms with van der Waals surface area (Å²) in [5.74, 6) is 2.51. The van der Waals surface area contributed by atoms with Gasteiger partial charge in [0, 0.05) is 23.9 Å². The van der Waals surface area contributed by atoms with Crippen LogP contribution in [-0.4, -0.2) is 22.7 Å². The first-order chi connectivity index (χ1) is 10.2. The lowest BCUT2D eigenvalue weighted by Crippen LogP contribution is -2.37. The highest BCUT2D eigenvalue weighted by Crippen LogP contribution is 2.38. The molecular formula is C17H23N3O. The fourth-order valence-electron chi connectivity index (χ4n) is 3.11. The van der Waals surface area contributed by atoms with Gasteiger partial charge in [0.1, 0.15) is 18.2 Å². The number of imidazole rings is 1. The molecule has 0 aliphatic carbocycles. The third kappa shape index (κ3) is 2.56. The SMILES string of the molecule is CCNC1c2ccccc2OCC1n1ccnc1C(C)C. The van der Waals surface area contributed by atoms with Crippen LogP contribution in [0.3, 0.4) is 0 Å². The second-order valence-corrected chi connectivity index (χ2v) is 5.80. The van der Waals surface area contributed by atoms with Crippen molar-refractivity contribution in [3.8, 4) is 5.75 Å². The number of rotatable bonds is 4. The number of hydrogen-bond acceptors (Lipinski definition) is 3. The van der Waals surface area contributed by atoms with E-state index in [9.17, 15) is 0 Å². The predicted molar refractivity (Wildman–Crippen MR) is 83.7 cm³/mol. The van der Waals surface area contributed by atoms with E-state index in [0.717, 1.165) is 18.1 Å². The van der Waals surface area contributed by atoms with Crippen molar-refractivity contribution < 1.29 is 4.74 Å². The van der Waals surface area contributed by atoms with Crippen molar-refractivity contribution in [1.82, 2.24) is 14.9 Å². The van der Waals surface area contributed by atoms with Crippen LogP contribution in [0.25, 0.3) is 0 Å². The van der Waals surface area contributed by atoms with Crippen molar-refractivity contribution in [2.24, 2.45) is 0 Å². The van der Waals surface area contributed by atoms with Crippen molar-refractivity contribution in [2.75, 3.05) is 13.2 Å². The molecule has 0 amide bonds. The number of hydrogen-bond donors (Lipinski definition) is 1. The highest BCUT2D eigenvalue weighted by Gasteiger charge is 2.32. The maximum absolute atomic E-state index is 5.98. The molecule has 0 spiro atoms. The van der Waals surface area contributed by atoms with E-state index in [2.05, 4.69) is 54.0 Å². The molecule has 1 aromatic carbocycles. The second kappa shape index (κ2) is 5.90. The van der Waals surface area contributed by atoms with Crippen LogP contribution in [0, 0.1) is 0 Å². The molecular weight excluding hydrogens is 262 g/mol. The molecule has 21 heavy (non-hydrogen) atoms. The smallest absolute Gasteiger partial charge is 0.124 e. The minimum Gasteiger partial charge on any atom is -0.491 e. The van der Waals surface area contributed by atoms with Gasteiger partial charge in [0.25, 0.3) is 0 Å². The zero-order chi connectivity index (χ0) is 14.8. The molecule has 0 saturated carbocycles. The second-order valence-electron chi connectivity index (χ2n) is 5.80. The number of nitrogens with zero attached hydrogens (tertiary/aromatic N) is 2. The summed E-state index contributed by atoms with van der Waals surface area (Å²) >= 11 is 0. The van der Waals surface area contributed by atoms with Gasteiger partial charge < -0.3 is 14.6 Å². The maximum atomic E-state index is 5.98. The Morgan fingerprint density at radius 2 is 2.19 bits per heavy atom. The molecule has 112 valence electrons. The van der Waals surface area contributed by atoms with Crippen molar-refractivity contribution in [3.63, 3.8) is 0 Å². The monoisotopic (exact) mass is 285 g/mol. The van der Waals surface area contributed by atoms with Crippen molar-refractivity contribution >= 4 is 0 Å². The average molecular weight is 285 g/mol. The minimum atomic E-state index is 0.236. The van der Waals surface area contributed by atoms with Gasteiger partial charge in [-0.05, 0) is 12.6 Å². The summed E-state index contributed by atoms with van der Waals surface area (Å²) in [6.07, 6.45) is 3.96. The summed E-state index contributed by atoms with van der Waals surface area (Å²) in [4.78, 5) is 4.52. The van der Waals surface area contributed by atoms with Crippen LogP contribution in [0.1, 0.15) is 50.2 Å². The maximum Gasteiger partial charge on any atom is 0.124 e. The molecule has 2 unspecified atom stereocenters. The Balaban J connectivity index is 2.00. The van der Waals surface area contributed by atoms with Crippen molar-refractivity contribution in [1.29, 1.82) is 0 Å². The first kappa shape index (κ1) is 14.1. The number of nitrogens with one attached hydrogen (secondary N) is 1. The Bertz CT molecular complexity index is 606. The minimum absolute atomic E-state index is 0.236. The third-order valence-electron chi connectivity index (χ3n) is 4.04. The Morgan fingerprint density at radius 3 is 2.95 bits per heavy atom. The number of likely N-dealkylation sites (N-methyl/N-ethyl adjacent to an activating group) is 1. The number of benzene rings is 1. The van der Waals surface area contributed by atoms with Crippen LogP contribution in [0.15, 0.2) is 36.7 Å². The quantitative estimate of drug-likeness (QED) is 0.937. The standard InChI is InChI=1S/C17H23N3O/c1-4-18-16-13-7-5-6-8-15(13)21-11-14(16)20-10-9-19-17(20)12(2)3/h5-10,12,14,16,18H,4,11H2,1-3H3. The van der Waals surface area contributed by atoms with Gasteiger partial charge in [-0.15, -0.1) is 0 Å². The Morgan fingerprint density at radius 1 is 1.38 bits per heavy atom. The number of aromatic nitrogens is 2. The third-order valence-corrected chi connectivity index (χ3v) is 4.04. The molecule has 0 bridgehead atoms. The molecule has 0 saturated heterocycles. The van der Waals surface area contributed by atoms with E-state index in [0.29, 0.717) is 12.5 Å². The lowest BCUT2D eigenvalue weighted by molar-refractivity contribution is 0.177. The van der Waals surface area contributed by atoms with E-state index in [1.165, 1.54) is 5.56 Å². The van der Waals surface area contributed by atoms with Gasteiger partial charge in [-0.2, -0.15) is 0 Å².